The van der Waals surface area contributed by atoms with Gasteiger partial charge in [-0.3, -0.25) is 9.59 Å². The Morgan fingerprint density at radius 2 is 1.60 bits per heavy atom. The van der Waals surface area contributed by atoms with E-state index in [-0.39, 0.29) is 24.3 Å². The van der Waals surface area contributed by atoms with Gasteiger partial charge < -0.3 is 19.7 Å². The number of ether oxygens (including phenoxy) is 2. The Labute approximate surface area is 176 Å². The van der Waals surface area contributed by atoms with Crippen molar-refractivity contribution in [3.63, 3.8) is 0 Å². The van der Waals surface area contributed by atoms with E-state index in [9.17, 15) is 14.4 Å². The number of hydrogen-bond acceptors (Lipinski definition) is 5. The summed E-state index contributed by atoms with van der Waals surface area (Å²) in [5.74, 6) is -0.478. The zero-order valence-corrected chi connectivity index (χ0v) is 17.0. The summed E-state index contributed by atoms with van der Waals surface area (Å²) in [5, 5.41) is 2.90. The maximum Gasteiger partial charge on any atom is 0.347 e. The Morgan fingerprint density at radius 3 is 2.23 bits per heavy atom. The lowest BCUT2D eigenvalue weighted by Crippen LogP contribution is -2.43. The summed E-state index contributed by atoms with van der Waals surface area (Å²) >= 11 is 0. The Balaban J connectivity index is 1.38. The zero-order valence-electron chi connectivity index (χ0n) is 17.0. The Kier molecular flexibility index (Phi) is 7.43. The SMILES string of the molecule is CC(Oc1ccccc1)C(=O)OCC(=O)N1CCC(C(=O)Nc2ccccc2)CC1. The highest BCUT2D eigenvalue weighted by Gasteiger charge is 2.28. The van der Waals surface area contributed by atoms with Crippen molar-refractivity contribution in [3.8, 4) is 5.75 Å². The number of carbonyl (C=O) groups excluding carboxylic acids is 3. The molecule has 2 aromatic rings. The number of anilines is 1. The van der Waals surface area contributed by atoms with Crippen LogP contribution >= 0.6 is 0 Å². The number of nitrogens with zero attached hydrogens (tertiary/aromatic N) is 1. The van der Waals surface area contributed by atoms with E-state index in [0.717, 1.165) is 5.69 Å². The number of amides is 2. The summed E-state index contributed by atoms with van der Waals surface area (Å²) < 4.78 is 10.6. The fourth-order valence-corrected chi connectivity index (χ4v) is 3.25. The van der Waals surface area contributed by atoms with Crippen LogP contribution in [0.1, 0.15) is 19.8 Å². The molecule has 1 N–H and O–H groups in total. The smallest absolute Gasteiger partial charge is 0.347 e. The van der Waals surface area contributed by atoms with E-state index in [2.05, 4.69) is 5.32 Å². The number of benzene rings is 2. The van der Waals surface area contributed by atoms with Crippen molar-refractivity contribution >= 4 is 23.5 Å². The van der Waals surface area contributed by atoms with Gasteiger partial charge in [0.2, 0.25) is 5.91 Å². The van der Waals surface area contributed by atoms with Crippen molar-refractivity contribution in [2.75, 3.05) is 25.0 Å². The highest BCUT2D eigenvalue weighted by Crippen LogP contribution is 2.20. The van der Waals surface area contributed by atoms with E-state index in [1.807, 2.05) is 36.4 Å². The molecule has 1 atom stereocenters. The summed E-state index contributed by atoms with van der Waals surface area (Å²) in [6, 6.07) is 18.3. The minimum Gasteiger partial charge on any atom is -0.479 e. The van der Waals surface area contributed by atoms with E-state index < -0.39 is 12.1 Å². The normalized spacial score (nSPS) is 15.2. The predicted octanol–water partition coefficient (Wildman–Crippen LogP) is 2.87. The predicted molar refractivity (Wildman–Crippen MR) is 112 cm³/mol. The fourth-order valence-electron chi connectivity index (χ4n) is 3.25. The van der Waals surface area contributed by atoms with Crippen LogP contribution in [0.4, 0.5) is 5.69 Å². The molecule has 0 aliphatic carbocycles. The third-order valence-electron chi connectivity index (χ3n) is 4.99. The summed E-state index contributed by atoms with van der Waals surface area (Å²) in [6.45, 7) is 2.16. The lowest BCUT2D eigenvalue weighted by molar-refractivity contribution is -0.157. The second-order valence-electron chi connectivity index (χ2n) is 7.19. The molecule has 1 saturated heterocycles. The number of esters is 1. The molecule has 1 heterocycles. The molecule has 1 aliphatic rings. The van der Waals surface area contributed by atoms with Crippen LogP contribution in [0.3, 0.4) is 0 Å². The quantitative estimate of drug-likeness (QED) is 0.710. The molecule has 7 nitrogen and oxygen atoms in total. The summed E-state index contributed by atoms with van der Waals surface area (Å²) in [5.41, 5.74) is 0.764. The summed E-state index contributed by atoms with van der Waals surface area (Å²) in [4.78, 5) is 38.5. The molecule has 3 rings (SSSR count). The highest BCUT2D eigenvalue weighted by atomic mass is 16.6. The molecule has 0 saturated carbocycles. The molecule has 1 unspecified atom stereocenters. The van der Waals surface area contributed by atoms with Crippen LogP contribution in [0, 0.1) is 5.92 Å². The zero-order chi connectivity index (χ0) is 21.3. The molecule has 0 radical (unpaired) electrons. The van der Waals surface area contributed by atoms with Crippen molar-refractivity contribution in [3.05, 3.63) is 60.7 Å². The van der Waals surface area contributed by atoms with Gasteiger partial charge in [0.1, 0.15) is 5.75 Å². The van der Waals surface area contributed by atoms with Gasteiger partial charge in [-0.15, -0.1) is 0 Å². The number of hydrogen-bond donors (Lipinski definition) is 1. The van der Waals surface area contributed by atoms with E-state index in [1.54, 1.807) is 36.1 Å². The van der Waals surface area contributed by atoms with Crippen molar-refractivity contribution in [1.82, 2.24) is 4.90 Å². The van der Waals surface area contributed by atoms with Gasteiger partial charge in [0.15, 0.2) is 12.7 Å². The first-order chi connectivity index (χ1) is 14.5. The van der Waals surface area contributed by atoms with Gasteiger partial charge in [-0.2, -0.15) is 0 Å². The van der Waals surface area contributed by atoms with Gasteiger partial charge in [0.25, 0.3) is 5.91 Å². The van der Waals surface area contributed by atoms with E-state index >= 15 is 0 Å². The minimum atomic E-state index is -0.812. The van der Waals surface area contributed by atoms with Crippen molar-refractivity contribution in [1.29, 1.82) is 0 Å². The van der Waals surface area contributed by atoms with Crippen LogP contribution in [0.15, 0.2) is 60.7 Å². The Hall–Kier alpha value is -3.35. The van der Waals surface area contributed by atoms with Gasteiger partial charge in [0, 0.05) is 24.7 Å². The second-order valence-corrected chi connectivity index (χ2v) is 7.19. The molecular formula is C23H26N2O5. The van der Waals surface area contributed by atoms with Gasteiger partial charge >= 0.3 is 5.97 Å². The molecular weight excluding hydrogens is 384 g/mol. The van der Waals surface area contributed by atoms with E-state index in [1.165, 1.54) is 0 Å². The van der Waals surface area contributed by atoms with Crippen LogP contribution < -0.4 is 10.1 Å². The van der Waals surface area contributed by atoms with Crippen LogP contribution in [0.5, 0.6) is 5.75 Å². The van der Waals surface area contributed by atoms with Crippen LogP contribution in [-0.2, 0) is 19.1 Å². The molecule has 7 heteroatoms. The third kappa shape index (κ3) is 6.07. The molecule has 0 bridgehead atoms. The Bertz CT molecular complexity index is 848. The molecule has 2 amide bonds. The molecule has 0 spiro atoms. The van der Waals surface area contributed by atoms with Gasteiger partial charge in [0.05, 0.1) is 0 Å². The molecule has 1 fully saturated rings. The largest absolute Gasteiger partial charge is 0.479 e. The van der Waals surface area contributed by atoms with Gasteiger partial charge in [-0.25, -0.2) is 4.79 Å². The van der Waals surface area contributed by atoms with E-state index in [0.29, 0.717) is 31.7 Å². The second kappa shape index (κ2) is 10.4. The Morgan fingerprint density at radius 1 is 1.00 bits per heavy atom. The number of piperidine rings is 1. The first kappa shape index (κ1) is 21.4. The lowest BCUT2D eigenvalue weighted by atomic mass is 9.95. The van der Waals surface area contributed by atoms with Crippen molar-refractivity contribution in [2.24, 2.45) is 5.92 Å². The molecule has 158 valence electrons. The molecule has 2 aromatic carbocycles. The molecule has 30 heavy (non-hydrogen) atoms. The number of nitrogens with one attached hydrogen (secondary N) is 1. The van der Waals surface area contributed by atoms with Crippen LogP contribution in [0.2, 0.25) is 0 Å². The minimum absolute atomic E-state index is 0.0355. The topological polar surface area (TPSA) is 84.9 Å². The summed E-state index contributed by atoms with van der Waals surface area (Å²) in [7, 11) is 0. The number of rotatable bonds is 7. The fraction of sp³-hybridized carbons (Fsp3) is 0.348. The third-order valence-corrected chi connectivity index (χ3v) is 4.99. The first-order valence-corrected chi connectivity index (χ1v) is 10.0. The van der Waals surface area contributed by atoms with Gasteiger partial charge in [-0.1, -0.05) is 36.4 Å². The molecule has 0 aromatic heterocycles. The van der Waals surface area contributed by atoms with Crippen molar-refractivity contribution < 1.29 is 23.9 Å². The van der Waals surface area contributed by atoms with Gasteiger partial charge in [-0.05, 0) is 44.0 Å². The van der Waals surface area contributed by atoms with Crippen LogP contribution in [0.25, 0.3) is 0 Å². The average molecular weight is 410 g/mol. The standard InChI is InChI=1S/C23H26N2O5/c1-17(30-20-10-6-3-7-11-20)23(28)29-16-21(26)25-14-12-18(13-15-25)22(27)24-19-8-4-2-5-9-19/h2-11,17-18H,12-16H2,1H3,(H,24,27). The number of carbonyl (C=O) groups is 3. The number of likely N-dealkylation sites (tertiary alicyclic amines) is 1. The highest BCUT2D eigenvalue weighted by molar-refractivity contribution is 5.92. The summed E-state index contributed by atoms with van der Waals surface area (Å²) in [6.07, 6.45) is 0.338. The van der Waals surface area contributed by atoms with Crippen LogP contribution in [-0.4, -0.2) is 48.5 Å². The number of para-hydroxylation sites is 2. The average Bonchev–Trinajstić information content (AvgIpc) is 2.78. The molecule has 1 aliphatic heterocycles. The monoisotopic (exact) mass is 410 g/mol. The first-order valence-electron chi connectivity index (χ1n) is 10.0. The van der Waals surface area contributed by atoms with E-state index in [4.69, 9.17) is 9.47 Å². The maximum atomic E-state index is 12.4. The van der Waals surface area contributed by atoms with Crippen molar-refractivity contribution in [2.45, 2.75) is 25.9 Å². The maximum absolute atomic E-state index is 12.4. The lowest BCUT2D eigenvalue weighted by Gasteiger charge is -2.31.